The van der Waals surface area contributed by atoms with Crippen LogP contribution in [0.25, 0.3) is 0 Å². The van der Waals surface area contributed by atoms with Gasteiger partial charge in [0, 0.05) is 43.0 Å². The van der Waals surface area contributed by atoms with Crippen LogP contribution < -0.4 is 5.32 Å². The van der Waals surface area contributed by atoms with Crippen LogP contribution in [0.15, 0.2) is 53.4 Å². The molecular formula is C25H31N3O4S. The highest BCUT2D eigenvalue weighted by atomic mass is 32.2. The van der Waals surface area contributed by atoms with Crippen LogP contribution in [0.1, 0.15) is 65.7 Å². The minimum atomic E-state index is -3.59. The fourth-order valence-corrected chi connectivity index (χ4v) is 6.00. The largest absolute Gasteiger partial charge is 0.339 e. The Morgan fingerprint density at radius 3 is 2.03 bits per heavy atom. The molecule has 0 atom stereocenters. The van der Waals surface area contributed by atoms with E-state index in [-0.39, 0.29) is 22.8 Å². The standard InChI is InChI=1S/C25H31N3O4S/c1-27(22-7-3-2-4-8-22)33(31,32)23-15-11-19(12-16-23)24(29)26-21-13-9-20(10-14-21)25(30)28-17-5-6-18-28/h9-16,22H,2-8,17-18H2,1H3,(H,26,29). The van der Waals surface area contributed by atoms with Crippen molar-refractivity contribution < 1.29 is 18.0 Å². The normalized spacial score (nSPS) is 17.3. The Bertz CT molecular complexity index is 1090. The number of nitrogens with zero attached hydrogens (tertiary/aromatic N) is 2. The third-order valence-electron chi connectivity index (χ3n) is 6.67. The third-order valence-corrected chi connectivity index (χ3v) is 8.59. The highest BCUT2D eigenvalue weighted by Gasteiger charge is 2.29. The molecule has 2 aliphatic rings. The van der Waals surface area contributed by atoms with Crippen molar-refractivity contribution in [3.05, 3.63) is 59.7 Å². The van der Waals surface area contributed by atoms with E-state index in [1.807, 2.05) is 4.90 Å². The first-order valence-corrected chi connectivity index (χ1v) is 13.1. The summed E-state index contributed by atoms with van der Waals surface area (Å²) < 4.78 is 27.4. The second kappa shape index (κ2) is 10.1. The van der Waals surface area contributed by atoms with Crippen LogP contribution in [0.5, 0.6) is 0 Å². The van der Waals surface area contributed by atoms with Gasteiger partial charge >= 0.3 is 0 Å². The lowest BCUT2D eigenvalue weighted by molar-refractivity contribution is 0.0792. The fourth-order valence-electron chi connectivity index (χ4n) is 4.59. The van der Waals surface area contributed by atoms with Gasteiger partial charge in [-0.15, -0.1) is 0 Å². The van der Waals surface area contributed by atoms with E-state index in [0.717, 1.165) is 58.0 Å². The number of likely N-dealkylation sites (tertiary alicyclic amines) is 1. The lowest BCUT2D eigenvalue weighted by Crippen LogP contribution is -2.38. The van der Waals surface area contributed by atoms with Gasteiger partial charge in [-0.1, -0.05) is 19.3 Å². The number of carbonyl (C=O) groups excluding carboxylic acids is 2. The Kier molecular flexibility index (Phi) is 7.14. The monoisotopic (exact) mass is 469 g/mol. The summed E-state index contributed by atoms with van der Waals surface area (Å²) in [7, 11) is -1.95. The predicted octanol–water partition coefficient (Wildman–Crippen LogP) is 4.13. The molecule has 176 valence electrons. The molecule has 1 saturated heterocycles. The highest BCUT2D eigenvalue weighted by Crippen LogP contribution is 2.26. The molecule has 2 amide bonds. The zero-order valence-corrected chi connectivity index (χ0v) is 19.8. The van der Waals surface area contributed by atoms with Gasteiger partial charge in [0.25, 0.3) is 11.8 Å². The lowest BCUT2D eigenvalue weighted by atomic mass is 9.96. The van der Waals surface area contributed by atoms with Gasteiger partial charge in [0.15, 0.2) is 0 Å². The lowest BCUT2D eigenvalue weighted by Gasteiger charge is -2.30. The van der Waals surface area contributed by atoms with E-state index in [0.29, 0.717) is 16.8 Å². The topological polar surface area (TPSA) is 86.8 Å². The Labute approximate surface area is 195 Å². The first-order valence-electron chi connectivity index (χ1n) is 11.6. The molecule has 8 heteroatoms. The molecule has 1 saturated carbocycles. The third kappa shape index (κ3) is 5.28. The maximum atomic E-state index is 13.0. The highest BCUT2D eigenvalue weighted by molar-refractivity contribution is 7.89. The number of anilines is 1. The van der Waals surface area contributed by atoms with Crippen molar-refractivity contribution in [2.24, 2.45) is 0 Å². The van der Waals surface area contributed by atoms with E-state index in [2.05, 4.69) is 5.32 Å². The summed E-state index contributed by atoms with van der Waals surface area (Å²) in [5.41, 5.74) is 1.55. The molecule has 0 aromatic heterocycles. The van der Waals surface area contributed by atoms with Gasteiger partial charge < -0.3 is 10.2 Å². The molecule has 2 fully saturated rings. The number of rotatable bonds is 6. The molecule has 1 N–H and O–H groups in total. The van der Waals surface area contributed by atoms with Gasteiger partial charge in [-0.25, -0.2) is 8.42 Å². The van der Waals surface area contributed by atoms with E-state index in [1.54, 1.807) is 31.3 Å². The number of amides is 2. The summed E-state index contributed by atoms with van der Waals surface area (Å²) in [6.07, 6.45) is 7.12. The quantitative estimate of drug-likeness (QED) is 0.689. The second-order valence-electron chi connectivity index (χ2n) is 8.87. The first kappa shape index (κ1) is 23.4. The van der Waals surface area contributed by atoms with Crippen molar-refractivity contribution in [2.45, 2.75) is 55.9 Å². The minimum absolute atomic E-state index is 0.0142. The van der Waals surface area contributed by atoms with Gasteiger partial charge in [-0.3, -0.25) is 9.59 Å². The maximum Gasteiger partial charge on any atom is 0.255 e. The molecule has 0 unspecified atom stereocenters. The van der Waals surface area contributed by atoms with E-state index in [1.165, 1.54) is 28.6 Å². The second-order valence-corrected chi connectivity index (χ2v) is 10.9. The Balaban J connectivity index is 1.39. The number of nitrogens with one attached hydrogen (secondary N) is 1. The predicted molar refractivity (Wildman–Crippen MR) is 128 cm³/mol. The van der Waals surface area contributed by atoms with Crippen LogP contribution in [0.2, 0.25) is 0 Å². The number of sulfonamides is 1. The van der Waals surface area contributed by atoms with Gasteiger partial charge in [0.05, 0.1) is 4.90 Å². The number of carbonyl (C=O) groups is 2. The zero-order chi connectivity index (χ0) is 23.4. The zero-order valence-electron chi connectivity index (χ0n) is 19.0. The van der Waals surface area contributed by atoms with Crippen LogP contribution in [0.3, 0.4) is 0 Å². The van der Waals surface area contributed by atoms with Crippen molar-refractivity contribution in [2.75, 3.05) is 25.5 Å². The van der Waals surface area contributed by atoms with Gasteiger partial charge in [0.1, 0.15) is 0 Å². The van der Waals surface area contributed by atoms with Crippen molar-refractivity contribution >= 4 is 27.5 Å². The summed E-state index contributed by atoms with van der Waals surface area (Å²) in [6.45, 7) is 1.58. The van der Waals surface area contributed by atoms with Crippen LogP contribution in [0, 0.1) is 0 Å². The molecule has 1 aliphatic carbocycles. The molecule has 33 heavy (non-hydrogen) atoms. The van der Waals surface area contributed by atoms with Crippen molar-refractivity contribution in [3.63, 3.8) is 0 Å². The SMILES string of the molecule is CN(C1CCCCC1)S(=O)(=O)c1ccc(C(=O)Nc2ccc(C(=O)N3CCCC3)cc2)cc1. The van der Waals surface area contributed by atoms with E-state index < -0.39 is 10.0 Å². The van der Waals surface area contributed by atoms with Crippen molar-refractivity contribution in [3.8, 4) is 0 Å². The number of benzene rings is 2. The number of hydrogen-bond donors (Lipinski definition) is 1. The molecule has 1 aliphatic heterocycles. The smallest absolute Gasteiger partial charge is 0.255 e. The molecule has 0 bridgehead atoms. The van der Waals surface area contributed by atoms with E-state index in [9.17, 15) is 18.0 Å². The molecule has 1 heterocycles. The molecule has 2 aromatic rings. The Hall–Kier alpha value is -2.71. The Morgan fingerprint density at radius 1 is 0.848 bits per heavy atom. The van der Waals surface area contributed by atoms with Gasteiger partial charge in [-0.2, -0.15) is 4.31 Å². The van der Waals surface area contributed by atoms with Crippen LogP contribution in [-0.2, 0) is 10.0 Å². The molecule has 0 spiro atoms. The average Bonchev–Trinajstić information content (AvgIpc) is 3.39. The van der Waals surface area contributed by atoms with Gasteiger partial charge in [-0.05, 0) is 74.2 Å². The van der Waals surface area contributed by atoms with Crippen molar-refractivity contribution in [1.82, 2.24) is 9.21 Å². The van der Waals surface area contributed by atoms with Gasteiger partial charge in [0.2, 0.25) is 10.0 Å². The van der Waals surface area contributed by atoms with E-state index in [4.69, 9.17) is 0 Å². The average molecular weight is 470 g/mol. The summed E-state index contributed by atoms with van der Waals surface area (Å²) in [4.78, 5) is 27.1. The summed E-state index contributed by atoms with van der Waals surface area (Å²) in [5, 5.41) is 2.80. The Morgan fingerprint density at radius 2 is 1.42 bits per heavy atom. The van der Waals surface area contributed by atoms with Crippen LogP contribution in [0.4, 0.5) is 5.69 Å². The summed E-state index contributed by atoms with van der Waals surface area (Å²) >= 11 is 0. The first-order chi connectivity index (χ1) is 15.9. The number of hydrogen-bond acceptors (Lipinski definition) is 4. The molecular weight excluding hydrogens is 438 g/mol. The molecule has 4 rings (SSSR count). The molecule has 2 aromatic carbocycles. The fraction of sp³-hybridized carbons (Fsp3) is 0.440. The molecule has 7 nitrogen and oxygen atoms in total. The minimum Gasteiger partial charge on any atom is -0.339 e. The van der Waals surface area contributed by atoms with Crippen molar-refractivity contribution in [1.29, 1.82) is 0 Å². The molecule has 0 radical (unpaired) electrons. The van der Waals surface area contributed by atoms with E-state index >= 15 is 0 Å². The summed E-state index contributed by atoms with van der Waals surface area (Å²) in [6, 6.07) is 12.9. The van der Waals surface area contributed by atoms with Crippen LogP contribution in [-0.4, -0.2) is 55.6 Å². The summed E-state index contributed by atoms with van der Waals surface area (Å²) in [5.74, 6) is -0.321. The van der Waals surface area contributed by atoms with Crippen LogP contribution >= 0.6 is 0 Å². The maximum absolute atomic E-state index is 13.0.